The minimum Gasteiger partial charge on any atom is -0.389 e. The third kappa shape index (κ3) is 5.08. The molecule has 2 aliphatic heterocycles. The van der Waals surface area contributed by atoms with Gasteiger partial charge < -0.3 is 14.7 Å². The Morgan fingerprint density at radius 1 is 1.08 bits per heavy atom. The van der Waals surface area contributed by atoms with Gasteiger partial charge in [0.2, 0.25) is 11.7 Å². The lowest BCUT2D eigenvalue weighted by molar-refractivity contribution is -0.116. The number of fused-ring (bicyclic) bond motifs is 2. The maximum Gasteiger partial charge on any atom is 0.253 e. The summed E-state index contributed by atoms with van der Waals surface area (Å²) in [6, 6.07) is 16.1. The number of amides is 2. The number of β-amino-alcohol motifs (C(OH)–C–C–N with tert-alkyl or cyclic N) is 1. The van der Waals surface area contributed by atoms with Crippen LogP contribution in [0.25, 0.3) is 17.0 Å². The summed E-state index contributed by atoms with van der Waals surface area (Å²) in [5.41, 5.74) is 3.15. The van der Waals surface area contributed by atoms with Crippen molar-refractivity contribution < 1.29 is 24.2 Å². The van der Waals surface area contributed by atoms with E-state index in [9.17, 15) is 19.5 Å². The summed E-state index contributed by atoms with van der Waals surface area (Å²) in [6.07, 6.45) is 1.09. The van der Waals surface area contributed by atoms with Crippen LogP contribution < -0.4 is 4.90 Å². The number of aliphatic hydroxyl groups excluding tert-OH is 1. The van der Waals surface area contributed by atoms with Crippen LogP contribution in [-0.4, -0.2) is 90.0 Å². The molecule has 9 nitrogen and oxygen atoms in total. The largest absolute Gasteiger partial charge is 0.389 e. The van der Waals surface area contributed by atoms with E-state index < -0.39 is 6.10 Å². The average Bonchev–Trinajstić information content (AvgIpc) is 3.20. The summed E-state index contributed by atoms with van der Waals surface area (Å²) in [4.78, 5) is 48.5. The molecule has 196 valence electrons. The van der Waals surface area contributed by atoms with E-state index in [2.05, 4.69) is 9.88 Å². The van der Waals surface area contributed by atoms with Crippen molar-refractivity contribution in [3.8, 4) is 0 Å². The van der Waals surface area contributed by atoms with Gasteiger partial charge in [-0.05, 0) is 42.5 Å². The van der Waals surface area contributed by atoms with Gasteiger partial charge in [-0.3, -0.25) is 24.2 Å². The Morgan fingerprint density at radius 2 is 1.84 bits per heavy atom. The van der Waals surface area contributed by atoms with Gasteiger partial charge in [-0.1, -0.05) is 18.2 Å². The topological polar surface area (TPSA) is 103 Å². The van der Waals surface area contributed by atoms with Crippen LogP contribution >= 0.6 is 0 Å². The van der Waals surface area contributed by atoms with E-state index in [1.807, 2.05) is 17.0 Å². The van der Waals surface area contributed by atoms with Gasteiger partial charge in [-0.15, -0.1) is 0 Å². The molecule has 2 aliphatic rings. The Kier molecular flexibility index (Phi) is 7.33. The smallest absolute Gasteiger partial charge is 0.253 e. The number of aromatic nitrogens is 1. The van der Waals surface area contributed by atoms with E-state index in [1.165, 1.54) is 11.8 Å². The molecule has 38 heavy (non-hydrogen) atoms. The zero-order chi connectivity index (χ0) is 26.8. The number of piperazine rings is 1. The number of hydrogen-bond donors (Lipinski definition) is 1. The fourth-order valence-electron chi connectivity index (χ4n) is 5.05. The molecular formula is C29H30N4O5. The quantitative estimate of drug-likeness (QED) is 0.505. The first-order valence-corrected chi connectivity index (χ1v) is 12.6. The van der Waals surface area contributed by atoms with E-state index in [0.29, 0.717) is 67.4 Å². The Bertz CT molecular complexity index is 1430. The number of allylic oxidation sites excluding steroid dienone is 1. The zero-order valence-corrected chi connectivity index (χ0v) is 21.5. The fraction of sp³-hybridized carbons (Fsp3) is 0.310. The third-order valence-corrected chi connectivity index (χ3v) is 6.91. The normalized spacial score (nSPS) is 17.8. The molecule has 0 aliphatic carbocycles. The molecule has 1 N–H and O–H groups in total. The lowest BCUT2D eigenvalue weighted by atomic mass is 10.1. The molecule has 9 heteroatoms. The molecule has 1 unspecified atom stereocenters. The summed E-state index contributed by atoms with van der Waals surface area (Å²) >= 11 is 0. The Hall–Kier alpha value is -3.92. The summed E-state index contributed by atoms with van der Waals surface area (Å²) in [7, 11) is 1.56. The monoisotopic (exact) mass is 514 g/mol. The van der Waals surface area contributed by atoms with Gasteiger partial charge in [-0.25, -0.2) is 4.98 Å². The number of ether oxygens (including phenoxy) is 1. The second kappa shape index (κ2) is 10.8. The maximum absolute atomic E-state index is 13.1. The first-order valence-electron chi connectivity index (χ1n) is 12.6. The van der Waals surface area contributed by atoms with Crippen LogP contribution in [0.5, 0.6) is 0 Å². The highest BCUT2D eigenvalue weighted by atomic mass is 16.5. The average molecular weight is 515 g/mol. The third-order valence-electron chi connectivity index (χ3n) is 6.91. The van der Waals surface area contributed by atoms with Crippen molar-refractivity contribution in [3.63, 3.8) is 0 Å². The van der Waals surface area contributed by atoms with Crippen LogP contribution in [0, 0.1) is 0 Å². The van der Waals surface area contributed by atoms with Gasteiger partial charge in [0.1, 0.15) is 0 Å². The number of nitrogens with zero attached hydrogens (tertiary/aromatic N) is 4. The second-order valence-electron chi connectivity index (χ2n) is 9.58. The van der Waals surface area contributed by atoms with Crippen molar-refractivity contribution in [2.24, 2.45) is 0 Å². The van der Waals surface area contributed by atoms with Crippen LogP contribution in [0.15, 0.2) is 60.3 Å². The Labute approximate surface area is 220 Å². The predicted octanol–water partition coefficient (Wildman–Crippen LogP) is 2.59. The molecule has 0 radical (unpaired) electrons. The first-order chi connectivity index (χ1) is 18.4. The lowest BCUT2D eigenvalue weighted by Crippen LogP contribution is -2.50. The number of aliphatic hydroxyl groups is 1. The first kappa shape index (κ1) is 25.7. The minimum absolute atomic E-state index is 0.0402. The number of hydrogen-bond acceptors (Lipinski definition) is 7. The minimum atomic E-state index is -0.539. The summed E-state index contributed by atoms with van der Waals surface area (Å²) in [5.74, 6) is -0.501. The van der Waals surface area contributed by atoms with Crippen molar-refractivity contribution in [2.75, 3.05) is 51.3 Å². The number of rotatable bonds is 6. The molecule has 3 heterocycles. The molecule has 0 spiro atoms. The number of ketones is 1. The molecule has 1 saturated heterocycles. The van der Waals surface area contributed by atoms with E-state index in [-0.39, 0.29) is 23.3 Å². The van der Waals surface area contributed by atoms with E-state index in [4.69, 9.17) is 4.74 Å². The molecule has 2 aromatic carbocycles. The highest BCUT2D eigenvalue weighted by Crippen LogP contribution is 2.35. The van der Waals surface area contributed by atoms with E-state index in [1.54, 1.807) is 55.7 Å². The van der Waals surface area contributed by atoms with Crippen LogP contribution in [-0.2, 0) is 9.53 Å². The van der Waals surface area contributed by atoms with Crippen LogP contribution in [0.4, 0.5) is 5.69 Å². The number of benzene rings is 2. The molecule has 1 fully saturated rings. The van der Waals surface area contributed by atoms with Crippen molar-refractivity contribution in [3.05, 3.63) is 77.1 Å². The van der Waals surface area contributed by atoms with Crippen molar-refractivity contribution in [1.29, 1.82) is 0 Å². The number of methoxy groups -OCH3 is 1. The van der Waals surface area contributed by atoms with Gasteiger partial charge in [0.15, 0.2) is 0 Å². The number of carbonyl (C=O) groups is 3. The summed E-state index contributed by atoms with van der Waals surface area (Å²) < 4.78 is 4.99. The van der Waals surface area contributed by atoms with Gasteiger partial charge in [0.25, 0.3) is 5.91 Å². The maximum atomic E-state index is 13.1. The molecule has 1 aromatic heterocycles. The SMILES string of the molecule is COCC(O)CN1CCN(C(=O)c2ccc3nc(/C=C4/C(=O)c5ccccc5N4C(C)=O)ccc3c2)CC1. The van der Waals surface area contributed by atoms with Crippen LogP contribution in [0.3, 0.4) is 0 Å². The standard InChI is InChI=1S/C29H30N4O5/c1-19(34)33-26-6-4-3-5-24(26)28(36)27(33)16-22-9-7-20-15-21(8-10-25(20)30-22)29(37)32-13-11-31(12-14-32)17-23(35)18-38-2/h3-10,15-16,23,35H,11-14,17-18H2,1-2H3/b27-16-. The molecule has 5 rings (SSSR count). The van der Waals surface area contributed by atoms with Gasteiger partial charge >= 0.3 is 0 Å². The molecule has 2 amide bonds. The number of para-hydroxylation sites is 1. The van der Waals surface area contributed by atoms with Crippen LogP contribution in [0.1, 0.15) is 33.3 Å². The van der Waals surface area contributed by atoms with E-state index >= 15 is 0 Å². The Morgan fingerprint density at radius 3 is 2.58 bits per heavy atom. The molecule has 3 aromatic rings. The summed E-state index contributed by atoms with van der Waals surface area (Å²) in [5, 5.41) is 10.8. The highest BCUT2D eigenvalue weighted by Gasteiger charge is 2.34. The molecule has 0 saturated carbocycles. The van der Waals surface area contributed by atoms with Gasteiger partial charge in [0, 0.05) is 63.3 Å². The van der Waals surface area contributed by atoms with Crippen molar-refractivity contribution in [2.45, 2.75) is 13.0 Å². The van der Waals surface area contributed by atoms with Crippen molar-refractivity contribution in [1.82, 2.24) is 14.8 Å². The number of carbonyl (C=O) groups excluding carboxylic acids is 3. The zero-order valence-electron chi connectivity index (χ0n) is 21.5. The number of pyridine rings is 1. The van der Waals surface area contributed by atoms with E-state index in [0.717, 1.165) is 5.39 Å². The molecule has 1 atom stereocenters. The molecule has 0 bridgehead atoms. The summed E-state index contributed by atoms with van der Waals surface area (Å²) in [6.45, 7) is 4.81. The van der Waals surface area contributed by atoms with Crippen molar-refractivity contribution >= 4 is 40.3 Å². The number of anilines is 1. The number of Topliss-reactive ketones (excluding diaryl/α,β-unsaturated/α-hetero) is 1. The fourth-order valence-corrected chi connectivity index (χ4v) is 5.05. The second-order valence-corrected chi connectivity index (χ2v) is 9.58. The highest BCUT2D eigenvalue weighted by molar-refractivity contribution is 6.26. The van der Waals surface area contributed by atoms with Crippen LogP contribution in [0.2, 0.25) is 0 Å². The predicted molar refractivity (Wildman–Crippen MR) is 144 cm³/mol. The molecular weight excluding hydrogens is 484 g/mol. The lowest BCUT2D eigenvalue weighted by Gasteiger charge is -2.35. The van der Waals surface area contributed by atoms with Gasteiger partial charge in [0.05, 0.1) is 35.3 Å². The Balaban J connectivity index is 1.31. The van der Waals surface area contributed by atoms with Gasteiger partial charge in [-0.2, -0.15) is 0 Å².